The Morgan fingerprint density at radius 1 is 1.18 bits per heavy atom. The van der Waals surface area contributed by atoms with Gasteiger partial charge in [0.05, 0.1) is 11.2 Å². The van der Waals surface area contributed by atoms with Crippen LogP contribution in [0.1, 0.15) is 63.8 Å². The van der Waals surface area contributed by atoms with Crippen molar-refractivity contribution in [3.05, 3.63) is 35.0 Å². The van der Waals surface area contributed by atoms with E-state index < -0.39 is 22.1 Å². The Hall–Kier alpha value is -2.96. The van der Waals surface area contributed by atoms with Gasteiger partial charge in [-0.25, -0.2) is 0 Å². The van der Waals surface area contributed by atoms with Crippen molar-refractivity contribution in [2.45, 2.75) is 75.5 Å². The van der Waals surface area contributed by atoms with Crippen molar-refractivity contribution < 1.29 is 19.5 Å². The average molecular weight is 448 g/mol. The first-order chi connectivity index (χ1) is 15.5. The van der Waals surface area contributed by atoms with E-state index in [2.05, 4.69) is 19.2 Å². The fraction of sp³-hybridized carbons (Fsp3) is 0.538. The van der Waals surface area contributed by atoms with Gasteiger partial charge >= 0.3 is 0 Å². The first-order valence-corrected chi connectivity index (χ1v) is 11.9. The molecule has 2 spiro atoms. The molecule has 2 N–H and O–H groups in total. The maximum Gasteiger partial charge on any atom is 0.249 e. The molecule has 172 valence electrons. The third kappa shape index (κ3) is 2.00. The first-order valence-electron chi connectivity index (χ1n) is 11.9. The number of piperazine rings is 1. The molecule has 6 aliphatic rings. The molecule has 8 rings (SSSR count). The zero-order valence-corrected chi connectivity index (χ0v) is 19.5. The van der Waals surface area contributed by atoms with E-state index >= 15 is 0 Å². The molecule has 4 fully saturated rings. The number of rotatable bonds is 0. The summed E-state index contributed by atoms with van der Waals surface area (Å²) < 4.78 is 7.49. The highest BCUT2D eigenvalue weighted by molar-refractivity contribution is 6.06. The standard InChI is InChI=1S/C26H29N3O4/c1-23(2)10-8-15-17(33-23)7-6-14-16-12-26-18(24(3,4)20(16)29(32)19(14)15)13-25(21(30)27-26)9-5-11-28(25)22(26)31/h6-8,10,18,32H,5,9,11-13H2,1-4H3,(H,27,30)/t18-,25+,26+/m1/s1. The van der Waals surface area contributed by atoms with E-state index in [0.29, 0.717) is 31.3 Å². The summed E-state index contributed by atoms with van der Waals surface area (Å²) in [6, 6.07) is 3.94. The predicted octanol–water partition coefficient (Wildman–Crippen LogP) is 3.15. The number of amides is 2. The SMILES string of the molecule is CC1(C)C=Cc2c(ccc3c4c(n(O)c23)C(C)(C)[C@H]2C[C@]35CCCN3C(=O)[C@@]2(C4)NC5=O)O1. The fourth-order valence-corrected chi connectivity index (χ4v) is 7.76. The Labute approximate surface area is 192 Å². The molecular formula is C26H29N3O4. The molecule has 1 aromatic heterocycles. The van der Waals surface area contributed by atoms with Crippen molar-refractivity contribution in [2.75, 3.05) is 6.54 Å². The van der Waals surface area contributed by atoms with Crippen LogP contribution in [0.5, 0.6) is 5.75 Å². The number of hydrogen-bond donors (Lipinski definition) is 2. The lowest BCUT2D eigenvalue weighted by Crippen LogP contribution is -2.84. The molecule has 2 aromatic rings. The molecule has 33 heavy (non-hydrogen) atoms. The Kier molecular flexibility index (Phi) is 3.19. The Morgan fingerprint density at radius 3 is 2.76 bits per heavy atom. The van der Waals surface area contributed by atoms with E-state index in [9.17, 15) is 14.8 Å². The van der Waals surface area contributed by atoms with Crippen LogP contribution in [-0.2, 0) is 21.4 Å². The lowest BCUT2D eigenvalue weighted by Gasteiger charge is -2.64. The van der Waals surface area contributed by atoms with Gasteiger partial charge in [-0.15, -0.1) is 0 Å². The molecule has 7 heteroatoms. The highest BCUT2D eigenvalue weighted by Crippen LogP contribution is 2.60. The van der Waals surface area contributed by atoms with E-state index in [1.807, 2.05) is 43.0 Å². The van der Waals surface area contributed by atoms with Crippen molar-refractivity contribution in [3.63, 3.8) is 0 Å². The molecule has 1 aliphatic carbocycles. The van der Waals surface area contributed by atoms with Crippen LogP contribution in [-0.4, -0.2) is 49.9 Å². The summed E-state index contributed by atoms with van der Waals surface area (Å²) in [5.74, 6) is 0.697. The van der Waals surface area contributed by atoms with Crippen molar-refractivity contribution in [1.29, 1.82) is 0 Å². The second-order valence-corrected chi connectivity index (χ2v) is 11.7. The molecular weight excluding hydrogens is 418 g/mol. The van der Waals surface area contributed by atoms with Gasteiger partial charge in [-0.3, -0.25) is 9.59 Å². The quantitative estimate of drug-likeness (QED) is 0.608. The first kappa shape index (κ1) is 19.5. The molecule has 1 aromatic carbocycles. The van der Waals surface area contributed by atoms with Crippen LogP contribution >= 0.6 is 0 Å². The molecule has 3 atom stereocenters. The van der Waals surface area contributed by atoms with Gasteiger partial charge in [-0.1, -0.05) is 13.8 Å². The molecule has 0 radical (unpaired) electrons. The number of nitrogens with one attached hydrogen (secondary N) is 1. The molecule has 2 amide bonds. The van der Waals surface area contributed by atoms with Gasteiger partial charge in [0.15, 0.2) is 0 Å². The molecule has 0 saturated carbocycles. The normalized spacial score (nSPS) is 34.4. The van der Waals surface area contributed by atoms with Gasteiger partial charge in [0.25, 0.3) is 0 Å². The number of piperidine rings is 2. The van der Waals surface area contributed by atoms with Crippen molar-refractivity contribution in [2.24, 2.45) is 5.92 Å². The van der Waals surface area contributed by atoms with Crippen molar-refractivity contribution in [1.82, 2.24) is 14.9 Å². The van der Waals surface area contributed by atoms with Crippen LogP contribution in [0.3, 0.4) is 0 Å². The second-order valence-electron chi connectivity index (χ2n) is 11.7. The molecule has 0 unspecified atom stereocenters. The van der Waals surface area contributed by atoms with Gasteiger partial charge in [-0.2, -0.15) is 4.73 Å². The maximum absolute atomic E-state index is 13.9. The number of aromatic nitrogens is 1. The Bertz CT molecular complexity index is 1330. The minimum absolute atomic E-state index is 0.00113. The van der Waals surface area contributed by atoms with Gasteiger partial charge in [0, 0.05) is 35.2 Å². The van der Waals surface area contributed by atoms with E-state index in [-0.39, 0.29) is 17.7 Å². The summed E-state index contributed by atoms with van der Waals surface area (Å²) in [5.41, 5.74) is 0.717. The van der Waals surface area contributed by atoms with Gasteiger partial charge in [-0.05, 0) is 63.0 Å². The number of benzene rings is 1. The van der Waals surface area contributed by atoms with E-state index in [0.717, 1.165) is 34.4 Å². The zero-order valence-electron chi connectivity index (χ0n) is 19.5. The number of carbonyl (C=O) groups excluding carboxylic acids is 2. The minimum Gasteiger partial charge on any atom is -0.483 e. The monoisotopic (exact) mass is 447 g/mol. The number of carbonyl (C=O) groups is 2. The highest BCUT2D eigenvalue weighted by Gasteiger charge is 2.73. The lowest BCUT2D eigenvalue weighted by atomic mass is 9.51. The zero-order chi connectivity index (χ0) is 23.1. The minimum atomic E-state index is -0.960. The molecule has 2 bridgehead atoms. The Morgan fingerprint density at radius 2 is 1.97 bits per heavy atom. The van der Waals surface area contributed by atoms with E-state index in [1.54, 1.807) is 0 Å². The fourth-order valence-electron chi connectivity index (χ4n) is 7.76. The second kappa shape index (κ2) is 5.40. The summed E-state index contributed by atoms with van der Waals surface area (Å²) in [5, 5.41) is 15.7. The lowest BCUT2D eigenvalue weighted by molar-refractivity contribution is -0.179. The number of fused-ring (bicyclic) bond motifs is 6. The highest BCUT2D eigenvalue weighted by atomic mass is 16.5. The van der Waals surface area contributed by atoms with Crippen LogP contribution in [0, 0.1) is 5.92 Å². The smallest absolute Gasteiger partial charge is 0.249 e. The topological polar surface area (TPSA) is 83.8 Å². The van der Waals surface area contributed by atoms with E-state index in [1.165, 1.54) is 4.73 Å². The van der Waals surface area contributed by atoms with E-state index in [4.69, 9.17) is 4.74 Å². The molecule has 6 heterocycles. The largest absolute Gasteiger partial charge is 0.483 e. The Balaban J connectivity index is 1.49. The summed E-state index contributed by atoms with van der Waals surface area (Å²) in [6.07, 6.45) is 6.64. The molecule has 7 nitrogen and oxygen atoms in total. The van der Waals surface area contributed by atoms with Crippen LogP contribution in [0.2, 0.25) is 0 Å². The van der Waals surface area contributed by atoms with Crippen molar-refractivity contribution >= 4 is 28.8 Å². The third-order valence-corrected chi connectivity index (χ3v) is 9.18. The van der Waals surface area contributed by atoms with Gasteiger partial charge in [0.2, 0.25) is 11.8 Å². The third-order valence-electron chi connectivity index (χ3n) is 9.18. The van der Waals surface area contributed by atoms with Crippen LogP contribution in [0.15, 0.2) is 18.2 Å². The van der Waals surface area contributed by atoms with Crippen molar-refractivity contribution in [3.8, 4) is 5.75 Å². The molecule has 5 aliphatic heterocycles. The maximum atomic E-state index is 13.9. The summed E-state index contributed by atoms with van der Waals surface area (Å²) >= 11 is 0. The predicted molar refractivity (Wildman–Crippen MR) is 122 cm³/mol. The molecule has 4 saturated heterocycles. The summed E-state index contributed by atoms with van der Waals surface area (Å²) in [6.45, 7) is 8.88. The summed E-state index contributed by atoms with van der Waals surface area (Å²) in [7, 11) is 0. The number of nitrogens with zero attached hydrogens (tertiary/aromatic N) is 2. The van der Waals surface area contributed by atoms with Gasteiger partial charge < -0.3 is 20.2 Å². The number of hydrogen-bond acceptors (Lipinski definition) is 4. The summed E-state index contributed by atoms with van der Waals surface area (Å²) in [4.78, 5) is 29.1. The van der Waals surface area contributed by atoms with Gasteiger partial charge in [0.1, 0.15) is 22.4 Å². The van der Waals surface area contributed by atoms with Crippen LogP contribution < -0.4 is 10.1 Å². The average Bonchev–Trinajstić information content (AvgIpc) is 3.29. The van der Waals surface area contributed by atoms with Crippen LogP contribution in [0.4, 0.5) is 0 Å². The number of ether oxygens (including phenoxy) is 1. The van der Waals surface area contributed by atoms with Crippen LogP contribution in [0.25, 0.3) is 17.0 Å².